The predicted octanol–water partition coefficient (Wildman–Crippen LogP) is 2.03. The number of H-pyrrole nitrogens is 1. The number of carbonyl (C=O) groups excluding carboxylic acids is 1. The topological polar surface area (TPSA) is 70.7 Å². The average molecular weight is 270 g/mol. The van der Waals surface area contributed by atoms with Crippen molar-refractivity contribution in [1.29, 1.82) is 0 Å². The summed E-state index contributed by atoms with van der Waals surface area (Å²) >= 11 is 0. The fraction of sp³-hybridized carbons (Fsp3) is 0.0714. The Kier molecular flexibility index (Phi) is 3.12. The van der Waals surface area contributed by atoms with Crippen molar-refractivity contribution in [3.63, 3.8) is 0 Å². The number of fused-ring (bicyclic) bond motifs is 1. The van der Waals surface area contributed by atoms with E-state index in [-0.39, 0.29) is 24.0 Å². The molecule has 0 saturated carbocycles. The third-order valence-corrected chi connectivity index (χ3v) is 2.97. The summed E-state index contributed by atoms with van der Waals surface area (Å²) in [6.45, 7) is 0.113. The first-order chi connectivity index (χ1) is 9.75. The molecule has 0 atom stereocenters. The van der Waals surface area contributed by atoms with Gasteiger partial charge in [-0.3, -0.25) is 4.79 Å². The molecule has 20 heavy (non-hydrogen) atoms. The van der Waals surface area contributed by atoms with E-state index < -0.39 is 0 Å². The highest BCUT2D eigenvalue weighted by molar-refractivity contribution is 6.03. The maximum absolute atomic E-state index is 13.5. The van der Waals surface area contributed by atoms with Crippen molar-refractivity contribution in [3.8, 4) is 0 Å². The van der Waals surface area contributed by atoms with Crippen LogP contribution >= 0.6 is 0 Å². The van der Waals surface area contributed by atoms with Gasteiger partial charge in [0, 0.05) is 18.3 Å². The predicted molar refractivity (Wildman–Crippen MR) is 71.5 cm³/mol. The number of nitrogens with one attached hydrogen (secondary N) is 2. The van der Waals surface area contributed by atoms with Crippen LogP contribution in [0.2, 0.25) is 0 Å². The van der Waals surface area contributed by atoms with Crippen LogP contribution in [0.4, 0.5) is 4.39 Å². The number of halogens is 1. The van der Waals surface area contributed by atoms with Gasteiger partial charge in [-0.25, -0.2) is 14.4 Å². The Morgan fingerprint density at radius 1 is 1.25 bits per heavy atom. The summed E-state index contributed by atoms with van der Waals surface area (Å²) in [6, 6.07) is 8.04. The highest BCUT2D eigenvalue weighted by atomic mass is 19.1. The molecule has 0 aliphatic heterocycles. The fourth-order valence-electron chi connectivity index (χ4n) is 1.95. The van der Waals surface area contributed by atoms with E-state index in [0.29, 0.717) is 16.6 Å². The molecule has 0 radical (unpaired) electrons. The number of benzene rings is 1. The minimum atomic E-state index is -0.361. The van der Waals surface area contributed by atoms with Crippen molar-refractivity contribution in [2.45, 2.75) is 6.54 Å². The van der Waals surface area contributed by atoms with E-state index in [4.69, 9.17) is 0 Å². The third kappa shape index (κ3) is 2.23. The van der Waals surface area contributed by atoms with Gasteiger partial charge < -0.3 is 10.3 Å². The fourth-order valence-corrected chi connectivity index (χ4v) is 1.95. The second-order valence-corrected chi connectivity index (χ2v) is 4.24. The largest absolute Gasteiger partial charge is 0.346 e. The van der Waals surface area contributed by atoms with Gasteiger partial charge in [0.15, 0.2) is 0 Å². The highest BCUT2D eigenvalue weighted by Gasteiger charge is 2.13. The summed E-state index contributed by atoms with van der Waals surface area (Å²) in [7, 11) is 0. The Morgan fingerprint density at radius 2 is 2.10 bits per heavy atom. The number of aromatic amines is 1. The Hall–Kier alpha value is -2.76. The number of rotatable bonds is 3. The van der Waals surface area contributed by atoms with Crippen LogP contribution in [-0.2, 0) is 6.54 Å². The number of carbonyl (C=O) groups is 1. The highest BCUT2D eigenvalue weighted by Crippen LogP contribution is 2.13. The zero-order valence-corrected chi connectivity index (χ0v) is 10.4. The van der Waals surface area contributed by atoms with Crippen LogP contribution in [0, 0.1) is 5.82 Å². The van der Waals surface area contributed by atoms with Gasteiger partial charge in [0.25, 0.3) is 5.91 Å². The molecule has 0 unspecified atom stereocenters. The van der Waals surface area contributed by atoms with Crippen LogP contribution in [0.3, 0.4) is 0 Å². The molecule has 3 rings (SSSR count). The van der Waals surface area contributed by atoms with E-state index in [0.717, 1.165) is 0 Å². The number of aromatic nitrogens is 3. The van der Waals surface area contributed by atoms with Gasteiger partial charge in [0.05, 0.1) is 5.39 Å². The zero-order valence-electron chi connectivity index (χ0n) is 10.4. The normalized spacial score (nSPS) is 10.7. The van der Waals surface area contributed by atoms with Crippen LogP contribution in [0.25, 0.3) is 11.0 Å². The SMILES string of the molecule is O=C(NCc1ccccc1F)c1ncnc2[nH]ccc12. The monoisotopic (exact) mass is 270 g/mol. The lowest BCUT2D eigenvalue weighted by atomic mass is 10.2. The summed E-state index contributed by atoms with van der Waals surface area (Å²) in [4.78, 5) is 23.0. The van der Waals surface area contributed by atoms with Crippen molar-refractivity contribution >= 4 is 16.9 Å². The van der Waals surface area contributed by atoms with Crippen LogP contribution in [0.1, 0.15) is 16.1 Å². The summed E-state index contributed by atoms with van der Waals surface area (Å²) in [5, 5.41) is 3.29. The van der Waals surface area contributed by atoms with Gasteiger partial charge in [-0.15, -0.1) is 0 Å². The smallest absolute Gasteiger partial charge is 0.270 e. The van der Waals surface area contributed by atoms with E-state index in [2.05, 4.69) is 20.3 Å². The molecule has 1 amide bonds. The van der Waals surface area contributed by atoms with Crippen molar-refractivity contribution in [1.82, 2.24) is 20.3 Å². The first kappa shape index (κ1) is 12.3. The van der Waals surface area contributed by atoms with E-state index in [1.165, 1.54) is 12.4 Å². The molecule has 0 saturated heterocycles. The third-order valence-electron chi connectivity index (χ3n) is 2.97. The first-order valence-electron chi connectivity index (χ1n) is 6.05. The van der Waals surface area contributed by atoms with Crippen LogP contribution < -0.4 is 5.32 Å². The molecule has 2 aromatic heterocycles. The molecule has 3 aromatic rings. The molecular weight excluding hydrogens is 259 g/mol. The molecule has 0 bridgehead atoms. The number of hydrogen-bond acceptors (Lipinski definition) is 3. The summed E-state index contributed by atoms with van der Waals surface area (Å²) in [5.74, 6) is -0.706. The van der Waals surface area contributed by atoms with Crippen molar-refractivity contribution < 1.29 is 9.18 Å². The quantitative estimate of drug-likeness (QED) is 0.765. The molecule has 1 aromatic carbocycles. The molecule has 2 N–H and O–H groups in total. The van der Waals surface area contributed by atoms with Gasteiger partial charge in [-0.2, -0.15) is 0 Å². The molecule has 0 fully saturated rings. The molecular formula is C14H11FN4O. The Labute approximate surface area is 113 Å². The maximum atomic E-state index is 13.5. The molecule has 100 valence electrons. The minimum Gasteiger partial charge on any atom is -0.346 e. The Balaban J connectivity index is 1.80. The summed E-state index contributed by atoms with van der Waals surface area (Å²) in [6.07, 6.45) is 3.00. The summed E-state index contributed by atoms with van der Waals surface area (Å²) < 4.78 is 13.5. The number of nitrogens with zero attached hydrogens (tertiary/aromatic N) is 2. The summed E-state index contributed by atoms with van der Waals surface area (Å²) in [5.41, 5.74) is 1.30. The van der Waals surface area contributed by atoms with Gasteiger partial charge in [0.1, 0.15) is 23.5 Å². The molecule has 2 heterocycles. The van der Waals surface area contributed by atoms with Crippen molar-refractivity contribution in [2.24, 2.45) is 0 Å². The van der Waals surface area contributed by atoms with E-state index in [9.17, 15) is 9.18 Å². The van der Waals surface area contributed by atoms with E-state index in [1.807, 2.05) is 0 Å². The Bertz CT molecular complexity index is 768. The lowest BCUT2D eigenvalue weighted by Crippen LogP contribution is -2.24. The molecule has 5 nitrogen and oxygen atoms in total. The average Bonchev–Trinajstić information content (AvgIpc) is 2.94. The van der Waals surface area contributed by atoms with E-state index in [1.54, 1.807) is 30.5 Å². The second-order valence-electron chi connectivity index (χ2n) is 4.24. The van der Waals surface area contributed by atoms with Gasteiger partial charge in [-0.05, 0) is 12.1 Å². The molecule has 0 aliphatic rings. The van der Waals surface area contributed by atoms with E-state index >= 15 is 0 Å². The number of amides is 1. The molecule has 6 heteroatoms. The Morgan fingerprint density at radius 3 is 2.95 bits per heavy atom. The van der Waals surface area contributed by atoms with Gasteiger partial charge in [0.2, 0.25) is 0 Å². The number of hydrogen-bond donors (Lipinski definition) is 2. The van der Waals surface area contributed by atoms with Crippen molar-refractivity contribution in [3.05, 3.63) is 59.9 Å². The molecule has 0 aliphatic carbocycles. The first-order valence-corrected chi connectivity index (χ1v) is 6.05. The second kappa shape index (κ2) is 5.08. The van der Waals surface area contributed by atoms with Gasteiger partial charge in [-0.1, -0.05) is 18.2 Å². The van der Waals surface area contributed by atoms with Crippen LogP contribution in [0.15, 0.2) is 42.9 Å². The lowest BCUT2D eigenvalue weighted by Gasteiger charge is -2.06. The van der Waals surface area contributed by atoms with Crippen LogP contribution in [0.5, 0.6) is 0 Å². The van der Waals surface area contributed by atoms with Crippen molar-refractivity contribution in [2.75, 3.05) is 0 Å². The lowest BCUT2D eigenvalue weighted by molar-refractivity contribution is 0.0947. The standard InChI is InChI=1S/C14H11FN4O/c15-11-4-2-1-3-9(11)7-17-14(20)12-10-5-6-16-13(10)19-8-18-12/h1-6,8H,7H2,(H,17,20)(H,16,18,19). The molecule has 0 spiro atoms. The maximum Gasteiger partial charge on any atom is 0.270 e. The van der Waals surface area contributed by atoms with Crippen LogP contribution in [-0.4, -0.2) is 20.9 Å². The van der Waals surface area contributed by atoms with Gasteiger partial charge >= 0.3 is 0 Å². The zero-order chi connectivity index (χ0) is 13.9. The minimum absolute atomic E-state index is 0.113.